The zero-order valence-electron chi connectivity index (χ0n) is 12.4. The van der Waals surface area contributed by atoms with Crippen LogP contribution in [0.3, 0.4) is 0 Å². The van der Waals surface area contributed by atoms with E-state index >= 15 is 0 Å². The highest BCUT2D eigenvalue weighted by Gasteiger charge is 2.31. The molecule has 1 heterocycles. The fourth-order valence-electron chi connectivity index (χ4n) is 2.26. The number of anilines is 1. The molecule has 116 valence electrons. The van der Waals surface area contributed by atoms with Crippen LogP contribution in [0.15, 0.2) is 36.7 Å². The van der Waals surface area contributed by atoms with Crippen molar-refractivity contribution in [2.45, 2.75) is 18.9 Å². The number of carbonyl (C=O) groups excluding carboxylic acids is 1. The zero-order chi connectivity index (χ0) is 15.5. The summed E-state index contributed by atoms with van der Waals surface area (Å²) in [5.74, 6) is 0.359. The van der Waals surface area contributed by atoms with Crippen molar-refractivity contribution >= 4 is 11.7 Å². The Balaban J connectivity index is 1.56. The summed E-state index contributed by atoms with van der Waals surface area (Å²) in [4.78, 5) is 13.6. The van der Waals surface area contributed by atoms with Gasteiger partial charge in [0, 0.05) is 19.3 Å². The first-order chi connectivity index (χ1) is 10.6. The quantitative estimate of drug-likeness (QED) is 0.876. The molecule has 0 saturated heterocycles. The lowest BCUT2D eigenvalue weighted by molar-refractivity contribution is 0.117. The SMILES string of the molecule is CN(CC(O)C1CC1)C(=O)Nc1ccc(-n2ccnn2)cc1. The summed E-state index contributed by atoms with van der Waals surface area (Å²) in [6.07, 6.45) is 5.04. The van der Waals surface area contributed by atoms with Crippen molar-refractivity contribution in [2.75, 3.05) is 18.9 Å². The molecule has 1 unspecified atom stereocenters. The highest BCUT2D eigenvalue weighted by molar-refractivity contribution is 5.89. The Morgan fingerprint density at radius 1 is 1.45 bits per heavy atom. The fourth-order valence-corrected chi connectivity index (χ4v) is 2.26. The van der Waals surface area contributed by atoms with Crippen LogP contribution in [-0.4, -0.2) is 50.7 Å². The van der Waals surface area contributed by atoms with Crippen LogP contribution in [0.1, 0.15) is 12.8 Å². The fraction of sp³-hybridized carbons (Fsp3) is 0.400. The molecule has 22 heavy (non-hydrogen) atoms. The van der Waals surface area contributed by atoms with E-state index in [1.54, 1.807) is 36.3 Å². The summed E-state index contributed by atoms with van der Waals surface area (Å²) in [6.45, 7) is 0.355. The second-order valence-corrected chi connectivity index (χ2v) is 5.61. The number of hydrogen-bond acceptors (Lipinski definition) is 4. The van der Waals surface area contributed by atoms with Crippen LogP contribution < -0.4 is 5.32 Å². The van der Waals surface area contributed by atoms with Crippen LogP contribution in [0.4, 0.5) is 10.5 Å². The van der Waals surface area contributed by atoms with Crippen molar-refractivity contribution in [3.05, 3.63) is 36.7 Å². The van der Waals surface area contributed by atoms with Gasteiger partial charge in [-0.25, -0.2) is 9.48 Å². The van der Waals surface area contributed by atoms with E-state index in [-0.39, 0.29) is 6.03 Å². The zero-order valence-corrected chi connectivity index (χ0v) is 12.4. The number of benzene rings is 1. The molecule has 1 fully saturated rings. The van der Waals surface area contributed by atoms with Gasteiger partial charge in [0.1, 0.15) is 0 Å². The van der Waals surface area contributed by atoms with Crippen molar-refractivity contribution in [2.24, 2.45) is 5.92 Å². The molecule has 2 aromatic rings. The van der Waals surface area contributed by atoms with E-state index in [1.807, 2.05) is 12.1 Å². The Bertz CT molecular complexity index is 622. The Labute approximate surface area is 128 Å². The third-order valence-electron chi connectivity index (χ3n) is 3.78. The highest BCUT2D eigenvalue weighted by atomic mass is 16.3. The number of hydrogen-bond donors (Lipinski definition) is 2. The molecule has 2 N–H and O–H groups in total. The number of carbonyl (C=O) groups is 1. The minimum Gasteiger partial charge on any atom is -0.391 e. The predicted molar refractivity (Wildman–Crippen MR) is 81.7 cm³/mol. The Hall–Kier alpha value is -2.41. The van der Waals surface area contributed by atoms with Crippen molar-refractivity contribution in [1.82, 2.24) is 19.9 Å². The number of nitrogens with zero attached hydrogens (tertiary/aromatic N) is 4. The number of likely N-dealkylation sites (N-methyl/N-ethyl adjacent to an activating group) is 1. The van der Waals surface area contributed by atoms with E-state index in [1.165, 1.54) is 4.90 Å². The maximum Gasteiger partial charge on any atom is 0.321 e. The van der Waals surface area contributed by atoms with E-state index < -0.39 is 6.10 Å². The normalized spacial score (nSPS) is 15.4. The van der Waals surface area contributed by atoms with Crippen LogP contribution in [0.5, 0.6) is 0 Å². The molecule has 7 nitrogen and oxygen atoms in total. The maximum absolute atomic E-state index is 12.1. The van der Waals surface area contributed by atoms with Crippen molar-refractivity contribution in [3.63, 3.8) is 0 Å². The van der Waals surface area contributed by atoms with Gasteiger partial charge in [0.05, 0.1) is 24.2 Å². The Kier molecular flexibility index (Phi) is 4.06. The number of amides is 2. The molecule has 1 aliphatic carbocycles. The highest BCUT2D eigenvalue weighted by Crippen LogP contribution is 2.32. The lowest BCUT2D eigenvalue weighted by Crippen LogP contribution is -2.37. The lowest BCUT2D eigenvalue weighted by Gasteiger charge is -2.21. The maximum atomic E-state index is 12.1. The topological polar surface area (TPSA) is 83.3 Å². The molecule has 1 aliphatic rings. The largest absolute Gasteiger partial charge is 0.391 e. The molecule has 1 atom stereocenters. The van der Waals surface area contributed by atoms with Crippen LogP contribution in [0, 0.1) is 5.92 Å². The van der Waals surface area contributed by atoms with E-state index in [0.29, 0.717) is 18.2 Å². The Morgan fingerprint density at radius 3 is 2.77 bits per heavy atom. The first-order valence-electron chi connectivity index (χ1n) is 7.30. The van der Waals surface area contributed by atoms with Crippen molar-refractivity contribution < 1.29 is 9.90 Å². The third kappa shape index (κ3) is 3.43. The number of aromatic nitrogens is 3. The van der Waals surface area contributed by atoms with E-state index in [2.05, 4.69) is 15.6 Å². The summed E-state index contributed by atoms with van der Waals surface area (Å²) in [6, 6.07) is 7.08. The predicted octanol–water partition coefficient (Wildman–Crippen LogP) is 1.50. The molecular formula is C15H19N5O2. The number of urea groups is 1. The molecule has 1 aromatic carbocycles. The van der Waals surface area contributed by atoms with Crippen molar-refractivity contribution in [3.8, 4) is 5.69 Å². The molecule has 3 rings (SSSR count). The van der Waals surface area contributed by atoms with Gasteiger partial charge in [0.15, 0.2) is 0 Å². The van der Waals surface area contributed by atoms with Gasteiger partial charge < -0.3 is 15.3 Å². The second kappa shape index (κ2) is 6.15. The molecule has 1 saturated carbocycles. The Morgan fingerprint density at radius 2 is 2.18 bits per heavy atom. The monoisotopic (exact) mass is 301 g/mol. The van der Waals surface area contributed by atoms with Gasteiger partial charge in [0.2, 0.25) is 0 Å². The molecule has 0 aliphatic heterocycles. The van der Waals surface area contributed by atoms with Crippen LogP contribution >= 0.6 is 0 Å². The van der Waals surface area contributed by atoms with Gasteiger partial charge in [0.25, 0.3) is 0 Å². The minimum absolute atomic E-state index is 0.229. The van der Waals surface area contributed by atoms with E-state index in [4.69, 9.17) is 0 Å². The number of rotatable bonds is 5. The smallest absolute Gasteiger partial charge is 0.321 e. The van der Waals surface area contributed by atoms with Gasteiger partial charge in [-0.05, 0) is 43.0 Å². The van der Waals surface area contributed by atoms with Gasteiger partial charge in [-0.1, -0.05) is 5.21 Å². The van der Waals surface area contributed by atoms with Gasteiger partial charge >= 0.3 is 6.03 Å². The van der Waals surface area contributed by atoms with E-state index in [0.717, 1.165) is 18.5 Å². The number of aliphatic hydroxyl groups is 1. The molecular weight excluding hydrogens is 282 g/mol. The second-order valence-electron chi connectivity index (χ2n) is 5.61. The molecule has 1 aromatic heterocycles. The summed E-state index contributed by atoms with van der Waals surface area (Å²) < 4.78 is 1.64. The van der Waals surface area contributed by atoms with Crippen LogP contribution in [0.25, 0.3) is 5.69 Å². The lowest BCUT2D eigenvalue weighted by atomic mass is 10.2. The van der Waals surface area contributed by atoms with Crippen LogP contribution in [-0.2, 0) is 0 Å². The van der Waals surface area contributed by atoms with Crippen LogP contribution in [0.2, 0.25) is 0 Å². The molecule has 0 spiro atoms. The minimum atomic E-state index is -0.426. The average molecular weight is 301 g/mol. The number of nitrogens with one attached hydrogen (secondary N) is 1. The molecule has 2 amide bonds. The summed E-state index contributed by atoms with van der Waals surface area (Å²) >= 11 is 0. The first kappa shape index (κ1) is 14.5. The molecule has 7 heteroatoms. The van der Waals surface area contributed by atoms with Gasteiger partial charge in [-0.15, -0.1) is 5.10 Å². The standard InChI is InChI=1S/C15H19N5O2/c1-19(10-14(21)11-2-3-11)15(22)17-12-4-6-13(7-5-12)20-9-8-16-18-20/h4-9,11,14,21H,2-3,10H2,1H3,(H,17,22). The average Bonchev–Trinajstić information content (AvgIpc) is 3.23. The third-order valence-corrected chi connectivity index (χ3v) is 3.78. The summed E-state index contributed by atoms with van der Waals surface area (Å²) in [5.41, 5.74) is 1.56. The van der Waals surface area contributed by atoms with Crippen molar-refractivity contribution in [1.29, 1.82) is 0 Å². The van der Waals surface area contributed by atoms with Gasteiger partial charge in [-0.2, -0.15) is 0 Å². The number of aliphatic hydroxyl groups excluding tert-OH is 1. The van der Waals surface area contributed by atoms with E-state index in [9.17, 15) is 9.90 Å². The first-order valence-corrected chi connectivity index (χ1v) is 7.30. The molecule has 0 bridgehead atoms. The summed E-state index contributed by atoms with van der Waals surface area (Å²) in [7, 11) is 1.69. The van der Waals surface area contributed by atoms with Gasteiger partial charge in [-0.3, -0.25) is 0 Å². The summed E-state index contributed by atoms with van der Waals surface area (Å²) in [5, 5.41) is 20.3. The molecule has 0 radical (unpaired) electrons.